The minimum absolute atomic E-state index is 0.165. The number of pyridine rings is 1. The molecule has 2 fully saturated rings. The quantitative estimate of drug-likeness (QED) is 0.312. The number of carbonyl (C=O) groups is 1. The second-order valence-electron chi connectivity index (χ2n) is 12.6. The Labute approximate surface area is 253 Å². The summed E-state index contributed by atoms with van der Waals surface area (Å²) >= 11 is 0. The molecule has 1 aromatic carbocycles. The van der Waals surface area contributed by atoms with E-state index < -0.39 is 0 Å². The standard InChI is InChI=1S/C33H44N8O2/c1-22-28(21-35-39(22)4)30-19-25(11-14-34-30)32(43)37-33-36-29-10-5-24(23-12-15-40(16-13-23)18-17-38(2)3)20-31(29)41(33)26-6-8-27(42)9-7-26/h5,10-11,14,19-21,23,26-27,42H,6-9,12-13,15-18H2,1-4H3,(H,36,37,43). The monoisotopic (exact) mass is 584 g/mol. The van der Waals surface area contributed by atoms with Crippen molar-refractivity contribution in [2.45, 2.75) is 63.5 Å². The normalized spacial score (nSPS) is 20.2. The summed E-state index contributed by atoms with van der Waals surface area (Å²) in [6.07, 6.45) is 8.68. The lowest BCUT2D eigenvalue weighted by atomic mass is 9.89. The fourth-order valence-electron chi connectivity index (χ4n) is 6.61. The molecule has 10 heteroatoms. The number of aromatic nitrogens is 5. The number of imidazole rings is 1. The number of likely N-dealkylation sites (tertiary alicyclic amines) is 1. The first kappa shape index (κ1) is 29.5. The molecular weight excluding hydrogens is 540 g/mol. The van der Waals surface area contributed by atoms with E-state index in [1.54, 1.807) is 23.1 Å². The van der Waals surface area contributed by atoms with Gasteiger partial charge < -0.3 is 19.5 Å². The van der Waals surface area contributed by atoms with Crippen LogP contribution in [0.25, 0.3) is 22.3 Å². The van der Waals surface area contributed by atoms with Crippen LogP contribution >= 0.6 is 0 Å². The van der Waals surface area contributed by atoms with Crippen molar-refractivity contribution in [3.05, 3.63) is 59.5 Å². The van der Waals surface area contributed by atoms with E-state index >= 15 is 0 Å². The molecule has 3 aromatic heterocycles. The second kappa shape index (κ2) is 12.6. The van der Waals surface area contributed by atoms with Gasteiger partial charge in [0.15, 0.2) is 0 Å². The van der Waals surface area contributed by atoms with Crippen molar-refractivity contribution in [1.82, 2.24) is 34.1 Å². The van der Waals surface area contributed by atoms with E-state index in [4.69, 9.17) is 4.98 Å². The molecular formula is C33H44N8O2. The lowest BCUT2D eigenvalue weighted by Crippen LogP contribution is -2.37. The molecule has 1 amide bonds. The van der Waals surface area contributed by atoms with Gasteiger partial charge in [0.05, 0.1) is 29.0 Å². The molecule has 4 aromatic rings. The van der Waals surface area contributed by atoms with Crippen molar-refractivity contribution in [2.24, 2.45) is 7.05 Å². The average molecular weight is 585 g/mol. The van der Waals surface area contributed by atoms with Crippen LogP contribution in [0.3, 0.4) is 0 Å². The predicted molar refractivity (Wildman–Crippen MR) is 169 cm³/mol. The Balaban J connectivity index is 1.27. The molecule has 228 valence electrons. The summed E-state index contributed by atoms with van der Waals surface area (Å²) in [6.45, 7) is 6.42. The van der Waals surface area contributed by atoms with E-state index in [-0.39, 0.29) is 18.1 Å². The first-order valence-corrected chi connectivity index (χ1v) is 15.6. The number of likely N-dealkylation sites (N-methyl/N-ethyl adjacent to an activating group) is 1. The largest absolute Gasteiger partial charge is 0.393 e. The van der Waals surface area contributed by atoms with Crippen molar-refractivity contribution in [1.29, 1.82) is 0 Å². The Kier molecular flexibility index (Phi) is 8.61. The van der Waals surface area contributed by atoms with E-state index in [1.807, 2.05) is 20.0 Å². The Bertz CT molecular complexity index is 1580. The van der Waals surface area contributed by atoms with Crippen LogP contribution in [-0.2, 0) is 7.05 Å². The van der Waals surface area contributed by atoms with E-state index in [2.05, 4.69) is 62.1 Å². The van der Waals surface area contributed by atoms with Crippen LogP contribution in [-0.4, -0.2) is 91.5 Å². The summed E-state index contributed by atoms with van der Waals surface area (Å²) in [5.74, 6) is 0.858. The SMILES string of the molecule is Cc1c(-c2cc(C(=O)Nc3nc4ccc(C5CCN(CCN(C)C)CC5)cc4n3C3CCC(O)CC3)ccn2)cnn1C. The fourth-order valence-corrected chi connectivity index (χ4v) is 6.61. The molecule has 1 saturated heterocycles. The van der Waals surface area contributed by atoms with Gasteiger partial charge in [-0.1, -0.05) is 6.07 Å². The van der Waals surface area contributed by atoms with Crippen LogP contribution in [0.1, 0.15) is 72.1 Å². The van der Waals surface area contributed by atoms with Crippen molar-refractivity contribution < 1.29 is 9.90 Å². The number of aryl methyl sites for hydroxylation is 1. The molecule has 10 nitrogen and oxygen atoms in total. The lowest BCUT2D eigenvalue weighted by Gasteiger charge is -2.33. The maximum absolute atomic E-state index is 13.6. The van der Waals surface area contributed by atoms with Crippen LogP contribution in [0.4, 0.5) is 5.95 Å². The summed E-state index contributed by atoms with van der Waals surface area (Å²) in [7, 11) is 6.16. The molecule has 0 bridgehead atoms. The third-order valence-corrected chi connectivity index (χ3v) is 9.43. The van der Waals surface area contributed by atoms with Gasteiger partial charge in [0.25, 0.3) is 5.91 Å². The van der Waals surface area contributed by atoms with E-state index in [9.17, 15) is 9.90 Å². The van der Waals surface area contributed by atoms with E-state index in [0.29, 0.717) is 23.1 Å². The topological polar surface area (TPSA) is 104 Å². The maximum Gasteiger partial charge on any atom is 0.258 e. The number of aliphatic hydroxyl groups is 1. The molecule has 4 heterocycles. The lowest BCUT2D eigenvalue weighted by molar-refractivity contribution is 0.102. The predicted octanol–water partition coefficient (Wildman–Crippen LogP) is 4.61. The first-order chi connectivity index (χ1) is 20.8. The highest BCUT2D eigenvalue weighted by molar-refractivity contribution is 6.04. The number of rotatable bonds is 8. The van der Waals surface area contributed by atoms with Crippen LogP contribution in [0, 0.1) is 6.92 Å². The highest BCUT2D eigenvalue weighted by atomic mass is 16.3. The number of nitrogens with one attached hydrogen (secondary N) is 1. The zero-order chi connectivity index (χ0) is 30.1. The highest BCUT2D eigenvalue weighted by Gasteiger charge is 2.27. The Morgan fingerprint density at radius 2 is 1.84 bits per heavy atom. The molecule has 2 N–H and O–H groups in total. The third kappa shape index (κ3) is 6.37. The number of piperidine rings is 1. The first-order valence-electron chi connectivity index (χ1n) is 15.6. The minimum Gasteiger partial charge on any atom is -0.393 e. The van der Waals surface area contributed by atoms with E-state index in [0.717, 1.165) is 87.0 Å². The van der Waals surface area contributed by atoms with Gasteiger partial charge in [-0.3, -0.25) is 19.8 Å². The fraction of sp³-hybridized carbons (Fsp3) is 0.515. The molecule has 0 spiro atoms. The minimum atomic E-state index is -0.261. The van der Waals surface area contributed by atoms with Crippen LogP contribution in [0.5, 0.6) is 0 Å². The number of aliphatic hydroxyl groups excluding tert-OH is 1. The van der Waals surface area contributed by atoms with Crippen molar-refractivity contribution in [3.63, 3.8) is 0 Å². The van der Waals surface area contributed by atoms with Gasteiger partial charge >= 0.3 is 0 Å². The summed E-state index contributed by atoms with van der Waals surface area (Å²) in [5.41, 5.74) is 6.42. The second-order valence-corrected chi connectivity index (χ2v) is 12.6. The molecule has 1 saturated carbocycles. The van der Waals surface area contributed by atoms with Gasteiger partial charge in [-0.15, -0.1) is 0 Å². The Morgan fingerprint density at radius 1 is 1.07 bits per heavy atom. The zero-order valence-electron chi connectivity index (χ0n) is 25.8. The molecule has 6 rings (SSSR count). The number of carbonyl (C=O) groups excluding carboxylic acids is 1. The number of amides is 1. The summed E-state index contributed by atoms with van der Waals surface area (Å²) in [4.78, 5) is 27.9. The zero-order valence-corrected chi connectivity index (χ0v) is 25.8. The Hall–Kier alpha value is -3.60. The molecule has 1 aliphatic carbocycles. The van der Waals surface area contributed by atoms with Gasteiger partial charge in [-0.05, 0) is 108 Å². The molecule has 2 aliphatic rings. The van der Waals surface area contributed by atoms with Gasteiger partial charge in [-0.25, -0.2) is 4.98 Å². The molecule has 43 heavy (non-hydrogen) atoms. The third-order valence-electron chi connectivity index (χ3n) is 9.43. The van der Waals surface area contributed by atoms with Gasteiger partial charge in [0.2, 0.25) is 5.95 Å². The molecule has 1 aliphatic heterocycles. The van der Waals surface area contributed by atoms with Crippen molar-refractivity contribution in [2.75, 3.05) is 45.6 Å². The maximum atomic E-state index is 13.6. The smallest absolute Gasteiger partial charge is 0.258 e. The molecule has 0 atom stereocenters. The van der Waals surface area contributed by atoms with Gasteiger partial charge in [0, 0.05) is 49.2 Å². The van der Waals surface area contributed by atoms with Gasteiger partial charge in [0.1, 0.15) is 0 Å². The summed E-state index contributed by atoms with van der Waals surface area (Å²) in [6, 6.07) is 10.4. The average Bonchev–Trinajstić information content (AvgIpc) is 3.54. The number of nitrogens with zero attached hydrogens (tertiary/aromatic N) is 7. The Morgan fingerprint density at radius 3 is 2.53 bits per heavy atom. The number of fused-ring (bicyclic) bond motifs is 1. The molecule has 0 radical (unpaired) electrons. The summed E-state index contributed by atoms with van der Waals surface area (Å²) in [5, 5.41) is 17.7. The number of hydrogen-bond acceptors (Lipinski definition) is 7. The van der Waals surface area contributed by atoms with Gasteiger partial charge in [-0.2, -0.15) is 5.10 Å². The van der Waals surface area contributed by atoms with Crippen LogP contribution in [0.2, 0.25) is 0 Å². The van der Waals surface area contributed by atoms with Crippen molar-refractivity contribution >= 4 is 22.9 Å². The number of benzene rings is 1. The van der Waals surface area contributed by atoms with Crippen LogP contribution in [0.15, 0.2) is 42.7 Å². The summed E-state index contributed by atoms with van der Waals surface area (Å²) < 4.78 is 4.03. The van der Waals surface area contributed by atoms with E-state index in [1.165, 1.54) is 5.56 Å². The number of anilines is 1. The highest BCUT2D eigenvalue weighted by Crippen LogP contribution is 2.37. The number of hydrogen-bond donors (Lipinski definition) is 2. The molecule has 0 unspecified atom stereocenters. The van der Waals surface area contributed by atoms with Crippen LogP contribution < -0.4 is 5.32 Å². The van der Waals surface area contributed by atoms with Crippen molar-refractivity contribution in [3.8, 4) is 11.3 Å².